The molecule has 2 fully saturated rings. The summed E-state index contributed by atoms with van der Waals surface area (Å²) in [6, 6.07) is 0.203. The molecule has 2 aliphatic heterocycles. The molecule has 0 aromatic rings. The Bertz CT molecular complexity index is 455. The molecule has 8 nitrogen and oxygen atoms in total. The van der Waals surface area contributed by atoms with E-state index >= 15 is 0 Å². The Labute approximate surface area is 143 Å². The van der Waals surface area contributed by atoms with Crippen LogP contribution >= 0.6 is 0 Å². The number of carbonyl (C=O) groups is 2. The summed E-state index contributed by atoms with van der Waals surface area (Å²) in [5.74, 6) is 0.533. The molecule has 0 bridgehead atoms. The highest BCUT2D eigenvalue weighted by Crippen LogP contribution is 2.11. The van der Waals surface area contributed by atoms with Crippen molar-refractivity contribution in [1.82, 2.24) is 15.1 Å². The second-order valence-electron chi connectivity index (χ2n) is 6.21. The highest BCUT2D eigenvalue weighted by atomic mass is 16.6. The van der Waals surface area contributed by atoms with Crippen LogP contribution in [0.4, 0.5) is 4.79 Å². The Morgan fingerprint density at radius 1 is 1.17 bits per heavy atom. The summed E-state index contributed by atoms with van der Waals surface area (Å²) in [5, 5.41) is 3.18. The number of rotatable bonds is 5. The first-order chi connectivity index (χ1) is 11.6. The first-order valence-corrected chi connectivity index (χ1v) is 8.86. The average Bonchev–Trinajstić information content (AvgIpc) is 3.10. The number of piperidine rings is 1. The molecule has 3 N–H and O–H groups in total. The van der Waals surface area contributed by atoms with Gasteiger partial charge in [-0.15, -0.1) is 0 Å². The van der Waals surface area contributed by atoms with Crippen LogP contribution < -0.4 is 11.1 Å². The van der Waals surface area contributed by atoms with E-state index < -0.39 is 0 Å². The molecule has 8 heteroatoms. The maximum absolute atomic E-state index is 11.9. The summed E-state index contributed by atoms with van der Waals surface area (Å²) < 4.78 is 5.00. The van der Waals surface area contributed by atoms with Crippen LogP contribution in [0.1, 0.15) is 39.0 Å². The van der Waals surface area contributed by atoms with Crippen LogP contribution in [0, 0.1) is 0 Å². The minimum absolute atomic E-state index is 0.159. The topological polar surface area (TPSA) is 100 Å². The highest BCUT2D eigenvalue weighted by molar-refractivity contribution is 5.79. The lowest BCUT2D eigenvalue weighted by atomic mass is 10.1. The van der Waals surface area contributed by atoms with Gasteiger partial charge in [-0.05, 0) is 32.6 Å². The molecule has 0 saturated carbocycles. The van der Waals surface area contributed by atoms with Gasteiger partial charge in [0.25, 0.3) is 0 Å². The Hall–Kier alpha value is -1.99. The van der Waals surface area contributed by atoms with Crippen molar-refractivity contribution >= 4 is 18.0 Å². The number of carbonyl (C=O) groups excluding carboxylic acids is 2. The third-order valence-electron chi connectivity index (χ3n) is 4.44. The number of nitrogens with one attached hydrogen (secondary N) is 1. The van der Waals surface area contributed by atoms with Crippen molar-refractivity contribution < 1.29 is 14.3 Å². The minimum Gasteiger partial charge on any atom is -0.450 e. The van der Waals surface area contributed by atoms with Crippen LogP contribution in [0.25, 0.3) is 0 Å². The largest absolute Gasteiger partial charge is 0.450 e. The van der Waals surface area contributed by atoms with Gasteiger partial charge < -0.3 is 25.6 Å². The summed E-state index contributed by atoms with van der Waals surface area (Å²) in [6.07, 6.45) is 3.97. The number of amides is 2. The van der Waals surface area contributed by atoms with Crippen LogP contribution in [0.15, 0.2) is 4.99 Å². The van der Waals surface area contributed by atoms with Crippen LogP contribution in [-0.4, -0.2) is 73.1 Å². The van der Waals surface area contributed by atoms with Gasteiger partial charge >= 0.3 is 6.09 Å². The number of guanidine groups is 1. The van der Waals surface area contributed by atoms with Crippen LogP contribution in [0.5, 0.6) is 0 Å². The van der Waals surface area contributed by atoms with Crippen molar-refractivity contribution in [2.24, 2.45) is 10.7 Å². The van der Waals surface area contributed by atoms with Crippen molar-refractivity contribution in [2.45, 2.75) is 45.1 Å². The normalized spacial score (nSPS) is 19.5. The van der Waals surface area contributed by atoms with Crippen molar-refractivity contribution in [2.75, 3.05) is 39.3 Å². The average molecular weight is 339 g/mol. The molecule has 2 heterocycles. The van der Waals surface area contributed by atoms with Crippen molar-refractivity contribution in [1.29, 1.82) is 0 Å². The SMILES string of the molecule is CCOC(=O)N1CCC(NC(N)=NCCC(=O)N2CCCC2)CC1. The molecule has 2 amide bonds. The van der Waals surface area contributed by atoms with E-state index in [-0.39, 0.29) is 18.0 Å². The Morgan fingerprint density at radius 3 is 2.46 bits per heavy atom. The maximum Gasteiger partial charge on any atom is 0.409 e. The van der Waals surface area contributed by atoms with Gasteiger partial charge in [0.05, 0.1) is 13.2 Å². The predicted octanol–water partition coefficient (Wildman–Crippen LogP) is 0.524. The number of likely N-dealkylation sites (tertiary alicyclic amines) is 2. The summed E-state index contributed by atoms with van der Waals surface area (Å²) in [5.41, 5.74) is 5.90. The number of nitrogens with zero attached hydrogens (tertiary/aromatic N) is 3. The lowest BCUT2D eigenvalue weighted by Gasteiger charge is -2.31. The van der Waals surface area contributed by atoms with Gasteiger partial charge in [-0.2, -0.15) is 0 Å². The first kappa shape index (κ1) is 18.4. The van der Waals surface area contributed by atoms with E-state index in [1.165, 1.54) is 0 Å². The second kappa shape index (κ2) is 9.34. The molecule has 2 aliphatic rings. The molecule has 0 aliphatic carbocycles. The number of hydrogen-bond acceptors (Lipinski definition) is 4. The molecule has 0 unspecified atom stereocenters. The number of hydrogen-bond donors (Lipinski definition) is 2. The van der Waals surface area contributed by atoms with E-state index in [4.69, 9.17) is 10.5 Å². The Morgan fingerprint density at radius 2 is 1.83 bits per heavy atom. The molecule has 0 spiro atoms. The minimum atomic E-state index is -0.252. The quantitative estimate of drug-likeness (QED) is 0.562. The van der Waals surface area contributed by atoms with Gasteiger partial charge in [-0.3, -0.25) is 9.79 Å². The van der Waals surface area contributed by atoms with E-state index in [9.17, 15) is 9.59 Å². The lowest BCUT2D eigenvalue weighted by molar-refractivity contribution is -0.129. The van der Waals surface area contributed by atoms with Gasteiger partial charge in [0.1, 0.15) is 0 Å². The number of nitrogens with two attached hydrogens (primary N) is 1. The monoisotopic (exact) mass is 339 g/mol. The molecule has 136 valence electrons. The summed E-state index contributed by atoms with van der Waals surface area (Å²) in [6.45, 7) is 5.65. The predicted molar refractivity (Wildman–Crippen MR) is 91.7 cm³/mol. The van der Waals surface area contributed by atoms with E-state index in [1.807, 2.05) is 4.90 Å². The smallest absolute Gasteiger partial charge is 0.409 e. The molecular formula is C16H29N5O3. The lowest BCUT2D eigenvalue weighted by Crippen LogP contribution is -2.48. The third kappa shape index (κ3) is 5.58. The molecular weight excluding hydrogens is 310 g/mol. The summed E-state index contributed by atoms with van der Waals surface area (Å²) in [7, 11) is 0. The van der Waals surface area contributed by atoms with Crippen molar-refractivity contribution in [3.63, 3.8) is 0 Å². The van der Waals surface area contributed by atoms with Crippen molar-refractivity contribution in [3.8, 4) is 0 Å². The van der Waals surface area contributed by atoms with E-state index in [0.717, 1.165) is 38.8 Å². The summed E-state index contributed by atoms with van der Waals surface area (Å²) in [4.78, 5) is 31.4. The molecule has 2 saturated heterocycles. The van der Waals surface area contributed by atoms with E-state index in [1.54, 1.807) is 11.8 Å². The van der Waals surface area contributed by atoms with E-state index in [2.05, 4.69) is 10.3 Å². The Balaban J connectivity index is 1.64. The van der Waals surface area contributed by atoms with E-state index in [0.29, 0.717) is 38.6 Å². The highest BCUT2D eigenvalue weighted by Gasteiger charge is 2.23. The number of ether oxygens (including phenoxy) is 1. The molecule has 24 heavy (non-hydrogen) atoms. The molecule has 2 rings (SSSR count). The Kier molecular flexibility index (Phi) is 7.14. The van der Waals surface area contributed by atoms with Gasteiger partial charge in [-0.1, -0.05) is 0 Å². The van der Waals surface area contributed by atoms with Crippen LogP contribution in [0.2, 0.25) is 0 Å². The molecule has 0 radical (unpaired) electrons. The standard InChI is InChI=1S/C16H29N5O3/c1-2-24-16(23)21-11-6-13(7-12-21)19-15(17)18-8-5-14(22)20-9-3-4-10-20/h13H,2-12H2,1H3,(H3,17,18,19). The second-order valence-corrected chi connectivity index (χ2v) is 6.21. The zero-order chi connectivity index (χ0) is 17.4. The zero-order valence-corrected chi connectivity index (χ0v) is 14.5. The van der Waals surface area contributed by atoms with Crippen molar-refractivity contribution in [3.05, 3.63) is 0 Å². The summed E-state index contributed by atoms with van der Waals surface area (Å²) >= 11 is 0. The fourth-order valence-corrected chi connectivity index (χ4v) is 3.07. The fraction of sp³-hybridized carbons (Fsp3) is 0.812. The molecule has 0 aromatic heterocycles. The van der Waals surface area contributed by atoms with Crippen LogP contribution in [0.3, 0.4) is 0 Å². The van der Waals surface area contributed by atoms with Crippen LogP contribution in [-0.2, 0) is 9.53 Å². The zero-order valence-electron chi connectivity index (χ0n) is 14.5. The van der Waals surface area contributed by atoms with Gasteiger partial charge in [-0.25, -0.2) is 4.79 Å². The van der Waals surface area contributed by atoms with Gasteiger partial charge in [0.2, 0.25) is 5.91 Å². The van der Waals surface area contributed by atoms with Gasteiger partial charge in [0.15, 0.2) is 5.96 Å². The van der Waals surface area contributed by atoms with Gasteiger partial charge in [0, 0.05) is 38.6 Å². The first-order valence-electron chi connectivity index (χ1n) is 8.86. The third-order valence-corrected chi connectivity index (χ3v) is 4.44. The molecule has 0 aromatic carbocycles. The molecule has 0 atom stereocenters. The maximum atomic E-state index is 11.9. The fourth-order valence-electron chi connectivity index (χ4n) is 3.07. The number of aliphatic imine (C=N–C) groups is 1.